The molecule has 1 unspecified atom stereocenters. The molecule has 3 N–H and O–H groups in total. The number of nitrogens with two attached hydrogens (primary N) is 1. The molecule has 0 saturated heterocycles. The average molecular weight is 263 g/mol. The highest BCUT2D eigenvalue weighted by Gasteiger charge is 2.09. The number of nitriles is 1. The zero-order valence-electron chi connectivity index (χ0n) is 11.0. The van der Waals surface area contributed by atoms with Gasteiger partial charge >= 0.3 is 0 Å². The van der Waals surface area contributed by atoms with Crippen LogP contribution < -0.4 is 20.5 Å². The Kier molecular flexibility index (Phi) is 5.64. The van der Waals surface area contributed by atoms with Crippen molar-refractivity contribution in [3.8, 4) is 17.6 Å². The number of rotatable bonds is 6. The molecule has 0 bridgehead atoms. The van der Waals surface area contributed by atoms with Crippen LogP contribution in [0.3, 0.4) is 0 Å². The number of carbonyl (C=O) groups is 1. The maximum Gasteiger partial charge on any atom is 0.258 e. The van der Waals surface area contributed by atoms with Gasteiger partial charge in [-0.25, -0.2) is 0 Å². The van der Waals surface area contributed by atoms with Gasteiger partial charge in [0, 0.05) is 6.04 Å². The van der Waals surface area contributed by atoms with E-state index in [1.807, 2.05) is 19.1 Å². The second-order valence-corrected chi connectivity index (χ2v) is 3.92. The highest BCUT2D eigenvalue weighted by atomic mass is 16.5. The Morgan fingerprint density at radius 2 is 2.26 bits per heavy atom. The molecule has 0 aliphatic heterocycles. The average Bonchev–Trinajstić information content (AvgIpc) is 2.42. The summed E-state index contributed by atoms with van der Waals surface area (Å²) in [6.07, 6.45) is 0. The Labute approximate surface area is 112 Å². The molecule has 0 heterocycles. The molecule has 0 aliphatic carbocycles. The van der Waals surface area contributed by atoms with Gasteiger partial charge in [-0.1, -0.05) is 6.07 Å². The number of carbonyl (C=O) groups excluding carboxylic acids is 1. The summed E-state index contributed by atoms with van der Waals surface area (Å²) >= 11 is 0. The smallest absolute Gasteiger partial charge is 0.258 e. The highest BCUT2D eigenvalue weighted by molar-refractivity contribution is 5.77. The van der Waals surface area contributed by atoms with Crippen LogP contribution in [0.5, 0.6) is 11.5 Å². The molecule has 102 valence electrons. The summed E-state index contributed by atoms with van der Waals surface area (Å²) in [5, 5.41) is 10.7. The van der Waals surface area contributed by atoms with Crippen molar-refractivity contribution in [2.45, 2.75) is 13.0 Å². The number of hydrogen-bond donors (Lipinski definition) is 2. The molecular weight excluding hydrogens is 246 g/mol. The van der Waals surface area contributed by atoms with Crippen LogP contribution in [-0.4, -0.2) is 26.2 Å². The van der Waals surface area contributed by atoms with Gasteiger partial charge in [0.1, 0.15) is 6.54 Å². The van der Waals surface area contributed by atoms with E-state index in [1.165, 1.54) is 7.11 Å². The van der Waals surface area contributed by atoms with Crippen LogP contribution in [0.1, 0.15) is 18.5 Å². The number of ether oxygens (including phenoxy) is 2. The van der Waals surface area contributed by atoms with Gasteiger partial charge in [-0.2, -0.15) is 5.26 Å². The number of amides is 1. The van der Waals surface area contributed by atoms with Crippen LogP contribution in [0.25, 0.3) is 0 Å². The fourth-order valence-electron chi connectivity index (χ4n) is 1.42. The monoisotopic (exact) mass is 263 g/mol. The maximum absolute atomic E-state index is 11.3. The van der Waals surface area contributed by atoms with Gasteiger partial charge in [0.15, 0.2) is 18.1 Å². The SMILES string of the molecule is COc1cc(C(C)N)ccc1OCC(=O)NCC#N. The zero-order valence-corrected chi connectivity index (χ0v) is 11.0. The zero-order chi connectivity index (χ0) is 14.3. The third-order valence-electron chi connectivity index (χ3n) is 2.44. The molecule has 6 heteroatoms. The first-order valence-electron chi connectivity index (χ1n) is 5.78. The predicted molar refractivity (Wildman–Crippen MR) is 69.7 cm³/mol. The predicted octanol–water partition coefficient (Wildman–Crippen LogP) is 0.733. The topological polar surface area (TPSA) is 97.4 Å². The van der Waals surface area contributed by atoms with Crippen molar-refractivity contribution in [3.63, 3.8) is 0 Å². The lowest BCUT2D eigenvalue weighted by Gasteiger charge is -2.13. The van der Waals surface area contributed by atoms with E-state index in [1.54, 1.807) is 12.1 Å². The Morgan fingerprint density at radius 1 is 1.53 bits per heavy atom. The van der Waals surface area contributed by atoms with Crippen LogP contribution in [0, 0.1) is 11.3 Å². The fourth-order valence-corrected chi connectivity index (χ4v) is 1.42. The van der Waals surface area contributed by atoms with Crippen LogP contribution in [0.2, 0.25) is 0 Å². The van der Waals surface area contributed by atoms with Crippen molar-refractivity contribution in [2.75, 3.05) is 20.3 Å². The van der Waals surface area contributed by atoms with Gasteiger partial charge in [0.2, 0.25) is 0 Å². The molecule has 6 nitrogen and oxygen atoms in total. The van der Waals surface area contributed by atoms with Gasteiger partial charge in [-0.05, 0) is 24.6 Å². The first-order valence-corrected chi connectivity index (χ1v) is 5.78. The van der Waals surface area contributed by atoms with Gasteiger partial charge < -0.3 is 20.5 Å². The van der Waals surface area contributed by atoms with Gasteiger partial charge in [-0.3, -0.25) is 4.79 Å². The molecule has 0 spiro atoms. The molecule has 1 aromatic carbocycles. The number of nitrogens with one attached hydrogen (secondary N) is 1. The summed E-state index contributed by atoms with van der Waals surface area (Å²) in [7, 11) is 1.52. The number of nitrogens with zero attached hydrogens (tertiary/aromatic N) is 1. The van der Waals surface area contributed by atoms with E-state index < -0.39 is 0 Å². The second-order valence-electron chi connectivity index (χ2n) is 3.92. The van der Waals surface area contributed by atoms with Gasteiger partial charge in [0.25, 0.3) is 5.91 Å². The molecule has 1 amide bonds. The standard InChI is InChI=1S/C13H17N3O3/c1-9(15)10-3-4-11(12(7-10)18-2)19-8-13(17)16-6-5-14/h3-4,7,9H,6,8,15H2,1-2H3,(H,16,17). The van der Waals surface area contributed by atoms with Gasteiger partial charge in [-0.15, -0.1) is 0 Å². The molecule has 0 fully saturated rings. The van der Waals surface area contributed by atoms with Crippen LogP contribution in [0.15, 0.2) is 18.2 Å². The quantitative estimate of drug-likeness (QED) is 0.737. The van der Waals surface area contributed by atoms with Crippen LogP contribution in [-0.2, 0) is 4.79 Å². The molecule has 0 aliphatic rings. The molecule has 1 rings (SSSR count). The lowest BCUT2D eigenvalue weighted by Crippen LogP contribution is -2.29. The Balaban J connectivity index is 2.68. The lowest BCUT2D eigenvalue weighted by molar-refractivity contribution is -0.122. The minimum absolute atomic E-state index is 0.0387. The first kappa shape index (κ1) is 14.8. The Hall–Kier alpha value is -2.26. The lowest BCUT2D eigenvalue weighted by atomic mass is 10.1. The molecule has 19 heavy (non-hydrogen) atoms. The summed E-state index contributed by atoms with van der Waals surface area (Å²) in [6.45, 7) is 1.66. The number of hydrogen-bond acceptors (Lipinski definition) is 5. The molecule has 1 aromatic rings. The highest BCUT2D eigenvalue weighted by Crippen LogP contribution is 2.29. The van der Waals surface area contributed by atoms with Crippen molar-refractivity contribution in [3.05, 3.63) is 23.8 Å². The molecular formula is C13H17N3O3. The fraction of sp³-hybridized carbons (Fsp3) is 0.385. The minimum Gasteiger partial charge on any atom is -0.493 e. The summed E-state index contributed by atoms with van der Waals surface area (Å²) in [4.78, 5) is 11.3. The summed E-state index contributed by atoms with van der Waals surface area (Å²) in [6, 6.07) is 6.99. The molecule has 1 atom stereocenters. The van der Waals surface area contributed by atoms with Crippen molar-refractivity contribution < 1.29 is 14.3 Å². The third-order valence-corrected chi connectivity index (χ3v) is 2.44. The van der Waals surface area contributed by atoms with E-state index in [4.69, 9.17) is 20.5 Å². The van der Waals surface area contributed by atoms with Gasteiger partial charge in [0.05, 0.1) is 13.2 Å². The van der Waals surface area contributed by atoms with Crippen molar-refractivity contribution in [1.29, 1.82) is 5.26 Å². The van der Waals surface area contributed by atoms with Crippen LogP contribution >= 0.6 is 0 Å². The number of benzene rings is 1. The second kappa shape index (κ2) is 7.24. The third kappa shape index (κ3) is 4.48. The van der Waals surface area contributed by atoms with Crippen LogP contribution in [0.4, 0.5) is 0 Å². The largest absolute Gasteiger partial charge is 0.493 e. The Morgan fingerprint density at radius 3 is 2.84 bits per heavy atom. The summed E-state index contributed by atoms with van der Waals surface area (Å²) in [5.41, 5.74) is 6.69. The van der Waals surface area contributed by atoms with E-state index in [0.29, 0.717) is 11.5 Å². The molecule has 0 aromatic heterocycles. The molecule has 0 saturated carbocycles. The molecule has 0 radical (unpaired) electrons. The van der Waals surface area contributed by atoms with E-state index >= 15 is 0 Å². The number of methoxy groups -OCH3 is 1. The first-order chi connectivity index (χ1) is 9.08. The summed E-state index contributed by atoms with van der Waals surface area (Å²) < 4.78 is 10.5. The summed E-state index contributed by atoms with van der Waals surface area (Å²) in [5.74, 6) is 0.613. The van der Waals surface area contributed by atoms with Crippen molar-refractivity contribution in [2.24, 2.45) is 5.73 Å². The van der Waals surface area contributed by atoms with E-state index in [9.17, 15) is 4.79 Å². The van der Waals surface area contributed by atoms with E-state index in [0.717, 1.165) is 5.56 Å². The Bertz CT molecular complexity index is 481. The normalized spacial score (nSPS) is 11.3. The van der Waals surface area contributed by atoms with E-state index in [-0.39, 0.29) is 25.1 Å². The van der Waals surface area contributed by atoms with Crippen molar-refractivity contribution >= 4 is 5.91 Å². The van der Waals surface area contributed by atoms with E-state index in [2.05, 4.69) is 5.32 Å². The van der Waals surface area contributed by atoms with Crippen molar-refractivity contribution in [1.82, 2.24) is 5.32 Å². The maximum atomic E-state index is 11.3. The minimum atomic E-state index is -0.361.